The predicted octanol–water partition coefficient (Wildman–Crippen LogP) is 1.22. The monoisotopic (exact) mass is 295 g/mol. The number of carbonyl (C=O) groups is 2. The summed E-state index contributed by atoms with van der Waals surface area (Å²) in [6.45, 7) is 0.679. The highest BCUT2D eigenvalue weighted by Gasteiger charge is 2.42. The zero-order valence-corrected chi connectivity index (χ0v) is 11.8. The van der Waals surface area contributed by atoms with Gasteiger partial charge in [0.25, 0.3) is 0 Å². The van der Waals surface area contributed by atoms with Crippen molar-refractivity contribution in [2.24, 2.45) is 0 Å². The molecule has 0 radical (unpaired) electrons. The van der Waals surface area contributed by atoms with E-state index in [2.05, 4.69) is 9.72 Å². The lowest BCUT2D eigenvalue weighted by Crippen LogP contribution is -2.52. The quantitative estimate of drug-likeness (QED) is 0.768. The number of nitrogens with zero attached hydrogens (tertiary/aromatic N) is 3. The molecule has 1 fully saturated rings. The first-order chi connectivity index (χ1) is 9.61. The molecule has 3 rings (SSSR count). The van der Waals surface area contributed by atoms with Gasteiger partial charge in [0.05, 0.1) is 17.8 Å². The second-order valence-electron chi connectivity index (χ2n) is 4.85. The fourth-order valence-electron chi connectivity index (χ4n) is 2.77. The number of fused-ring (bicyclic) bond motifs is 3. The van der Waals surface area contributed by atoms with Crippen molar-refractivity contribution in [3.63, 3.8) is 0 Å². The van der Waals surface area contributed by atoms with Gasteiger partial charge in [-0.3, -0.25) is 14.5 Å². The minimum absolute atomic E-state index is 0.0931. The summed E-state index contributed by atoms with van der Waals surface area (Å²) in [5.41, 5.74) is 0.575. The number of methoxy groups -OCH3 is 1. The SMILES string of the molecule is COC(=O)CN1C(=O)[C@@H]2CCCN2c2ncc(Cl)cc21. The Labute approximate surface area is 121 Å². The van der Waals surface area contributed by atoms with E-state index >= 15 is 0 Å². The molecule has 3 heterocycles. The molecule has 1 atom stereocenters. The van der Waals surface area contributed by atoms with Crippen molar-refractivity contribution in [3.05, 3.63) is 17.3 Å². The summed E-state index contributed by atoms with van der Waals surface area (Å²) < 4.78 is 4.66. The Morgan fingerprint density at radius 3 is 3.15 bits per heavy atom. The highest BCUT2D eigenvalue weighted by Crippen LogP contribution is 2.39. The van der Waals surface area contributed by atoms with E-state index in [4.69, 9.17) is 11.6 Å². The maximum absolute atomic E-state index is 12.5. The lowest BCUT2D eigenvalue weighted by molar-refractivity contribution is -0.140. The molecule has 0 aromatic carbocycles. The summed E-state index contributed by atoms with van der Waals surface area (Å²) in [6.07, 6.45) is 3.27. The van der Waals surface area contributed by atoms with Gasteiger partial charge in [-0.1, -0.05) is 11.6 Å². The van der Waals surface area contributed by atoms with Crippen LogP contribution in [0.15, 0.2) is 12.3 Å². The number of rotatable bonds is 2. The average molecular weight is 296 g/mol. The summed E-state index contributed by atoms with van der Waals surface area (Å²) in [5.74, 6) is 0.153. The van der Waals surface area contributed by atoms with Crippen LogP contribution in [0.2, 0.25) is 5.02 Å². The van der Waals surface area contributed by atoms with E-state index < -0.39 is 5.97 Å². The maximum atomic E-state index is 12.5. The Hall–Kier alpha value is -1.82. The van der Waals surface area contributed by atoms with E-state index in [9.17, 15) is 9.59 Å². The third kappa shape index (κ3) is 2.00. The normalized spacial score (nSPS) is 20.7. The molecule has 0 aliphatic carbocycles. The topological polar surface area (TPSA) is 62.7 Å². The summed E-state index contributed by atoms with van der Waals surface area (Å²) >= 11 is 5.97. The number of aromatic nitrogens is 1. The lowest BCUT2D eigenvalue weighted by atomic mass is 10.1. The van der Waals surface area contributed by atoms with E-state index in [0.717, 1.165) is 19.4 Å². The molecule has 0 N–H and O–H groups in total. The van der Waals surface area contributed by atoms with Gasteiger partial charge in [0.1, 0.15) is 12.6 Å². The predicted molar refractivity (Wildman–Crippen MR) is 74.0 cm³/mol. The van der Waals surface area contributed by atoms with E-state index in [0.29, 0.717) is 16.5 Å². The van der Waals surface area contributed by atoms with Crippen LogP contribution >= 0.6 is 11.6 Å². The molecule has 1 amide bonds. The Kier molecular flexibility index (Phi) is 3.25. The second kappa shape index (κ2) is 4.94. The molecule has 106 valence electrons. The van der Waals surface area contributed by atoms with E-state index in [-0.39, 0.29) is 18.5 Å². The summed E-state index contributed by atoms with van der Waals surface area (Å²) in [5, 5.41) is 0.434. The van der Waals surface area contributed by atoms with Crippen LogP contribution in [-0.2, 0) is 14.3 Å². The Balaban J connectivity index is 2.05. The van der Waals surface area contributed by atoms with Gasteiger partial charge in [0.15, 0.2) is 5.82 Å². The van der Waals surface area contributed by atoms with Crippen molar-refractivity contribution in [2.75, 3.05) is 30.0 Å². The molecule has 2 aliphatic rings. The first-order valence-electron chi connectivity index (χ1n) is 6.42. The van der Waals surface area contributed by atoms with Crippen molar-refractivity contribution in [1.29, 1.82) is 0 Å². The molecule has 7 heteroatoms. The van der Waals surface area contributed by atoms with Crippen LogP contribution in [0, 0.1) is 0 Å². The van der Waals surface area contributed by atoms with E-state index in [1.54, 1.807) is 12.3 Å². The van der Waals surface area contributed by atoms with Crippen LogP contribution in [0.3, 0.4) is 0 Å². The lowest BCUT2D eigenvalue weighted by Gasteiger charge is -2.37. The molecule has 0 saturated carbocycles. The van der Waals surface area contributed by atoms with Crippen LogP contribution in [0.1, 0.15) is 12.8 Å². The van der Waals surface area contributed by atoms with Crippen molar-refractivity contribution >= 4 is 35.0 Å². The van der Waals surface area contributed by atoms with Gasteiger partial charge in [0, 0.05) is 12.7 Å². The molecule has 2 aliphatic heterocycles. The smallest absolute Gasteiger partial charge is 0.325 e. The minimum Gasteiger partial charge on any atom is -0.468 e. The summed E-state index contributed by atoms with van der Waals surface area (Å²) in [6, 6.07) is 1.43. The highest BCUT2D eigenvalue weighted by atomic mass is 35.5. The molecule has 0 bridgehead atoms. The fourth-order valence-corrected chi connectivity index (χ4v) is 2.93. The molecule has 0 unspecified atom stereocenters. The number of ether oxygens (including phenoxy) is 1. The summed E-state index contributed by atoms with van der Waals surface area (Å²) in [7, 11) is 1.30. The van der Waals surface area contributed by atoms with Gasteiger partial charge < -0.3 is 9.64 Å². The van der Waals surface area contributed by atoms with Gasteiger partial charge in [0.2, 0.25) is 5.91 Å². The molecule has 0 spiro atoms. The number of esters is 1. The van der Waals surface area contributed by atoms with Gasteiger partial charge in [-0.05, 0) is 18.9 Å². The van der Waals surface area contributed by atoms with Crippen molar-refractivity contribution < 1.29 is 14.3 Å². The van der Waals surface area contributed by atoms with Crippen molar-refractivity contribution in [1.82, 2.24) is 4.98 Å². The largest absolute Gasteiger partial charge is 0.468 e. The number of hydrogen-bond donors (Lipinski definition) is 0. The van der Waals surface area contributed by atoms with Crippen LogP contribution < -0.4 is 9.80 Å². The highest BCUT2D eigenvalue weighted by molar-refractivity contribution is 6.31. The molecule has 1 aromatic rings. The van der Waals surface area contributed by atoms with Gasteiger partial charge in [-0.2, -0.15) is 0 Å². The zero-order chi connectivity index (χ0) is 14.3. The number of halogens is 1. The van der Waals surface area contributed by atoms with Gasteiger partial charge in [-0.15, -0.1) is 0 Å². The van der Waals surface area contributed by atoms with E-state index in [1.807, 2.05) is 4.90 Å². The number of anilines is 2. The molecule has 1 aromatic heterocycles. The number of hydrogen-bond acceptors (Lipinski definition) is 5. The fraction of sp³-hybridized carbons (Fsp3) is 0.462. The summed E-state index contributed by atoms with van der Waals surface area (Å²) in [4.78, 5) is 31.8. The third-order valence-electron chi connectivity index (χ3n) is 3.70. The Morgan fingerprint density at radius 1 is 1.60 bits per heavy atom. The van der Waals surface area contributed by atoms with Crippen LogP contribution in [0.25, 0.3) is 0 Å². The Morgan fingerprint density at radius 2 is 2.40 bits per heavy atom. The number of pyridine rings is 1. The molecular weight excluding hydrogens is 282 g/mol. The standard InChI is InChI=1S/C13H14ClN3O3/c1-20-11(18)7-17-10-5-8(14)6-15-12(10)16-4-2-3-9(16)13(17)19/h5-6,9H,2-4,7H2,1H3/t9-/m0/s1. The number of amides is 1. The third-order valence-corrected chi connectivity index (χ3v) is 3.90. The van der Waals surface area contributed by atoms with Crippen LogP contribution in [0.5, 0.6) is 0 Å². The van der Waals surface area contributed by atoms with Crippen molar-refractivity contribution in [3.8, 4) is 0 Å². The number of carbonyl (C=O) groups excluding carboxylic acids is 2. The molecular formula is C13H14ClN3O3. The second-order valence-corrected chi connectivity index (χ2v) is 5.28. The molecule has 6 nitrogen and oxygen atoms in total. The maximum Gasteiger partial charge on any atom is 0.325 e. The average Bonchev–Trinajstić information content (AvgIpc) is 2.92. The van der Waals surface area contributed by atoms with E-state index in [1.165, 1.54) is 12.0 Å². The van der Waals surface area contributed by atoms with Gasteiger partial charge in [-0.25, -0.2) is 4.98 Å². The van der Waals surface area contributed by atoms with Crippen LogP contribution in [0.4, 0.5) is 11.5 Å². The Bertz CT molecular complexity index is 578. The van der Waals surface area contributed by atoms with Crippen LogP contribution in [-0.4, -0.2) is 43.1 Å². The zero-order valence-electron chi connectivity index (χ0n) is 11.0. The first kappa shape index (κ1) is 13.2. The van der Waals surface area contributed by atoms with Crippen molar-refractivity contribution in [2.45, 2.75) is 18.9 Å². The minimum atomic E-state index is -0.462. The van der Waals surface area contributed by atoms with Gasteiger partial charge >= 0.3 is 5.97 Å². The molecule has 20 heavy (non-hydrogen) atoms. The first-order valence-corrected chi connectivity index (χ1v) is 6.80. The molecule has 1 saturated heterocycles.